The molecule has 3 heteroatoms. The van der Waals surface area contributed by atoms with Crippen molar-refractivity contribution in [3.63, 3.8) is 0 Å². The van der Waals surface area contributed by atoms with E-state index in [1.54, 1.807) is 24.3 Å². The van der Waals surface area contributed by atoms with Crippen LogP contribution in [0.15, 0.2) is 54.6 Å². The SMILES string of the molecule is CCCc1ccc(-c2ccc(-c3ccc(C4CCC(CCC)CC4)cc3)c(F)c2)c(F)c1F. The summed E-state index contributed by atoms with van der Waals surface area (Å²) in [4.78, 5) is 0. The second kappa shape index (κ2) is 10.6. The minimum atomic E-state index is -0.911. The van der Waals surface area contributed by atoms with Gasteiger partial charge in [-0.05, 0) is 72.3 Å². The Kier molecular flexibility index (Phi) is 7.57. The highest BCUT2D eigenvalue weighted by atomic mass is 19.2. The molecule has 1 aliphatic rings. The molecule has 0 nitrogen and oxygen atoms in total. The van der Waals surface area contributed by atoms with E-state index in [9.17, 15) is 8.78 Å². The monoisotopic (exact) mass is 450 g/mol. The highest BCUT2D eigenvalue weighted by molar-refractivity contribution is 5.71. The molecule has 0 unspecified atom stereocenters. The van der Waals surface area contributed by atoms with E-state index in [1.165, 1.54) is 50.2 Å². The molecule has 0 aromatic heterocycles. The molecule has 0 saturated heterocycles. The van der Waals surface area contributed by atoms with E-state index in [0.717, 1.165) is 17.9 Å². The molecule has 1 fully saturated rings. The molecule has 174 valence electrons. The molecule has 0 amide bonds. The van der Waals surface area contributed by atoms with Crippen LogP contribution in [0.25, 0.3) is 22.3 Å². The fourth-order valence-corrected chi connectivity index (χ4v) is 5.32. The summed E-state index contributed by atoms with van der Waals surface area (Å²) in [6, 6.07) is 16.0. The largest absolute Gasteiger partial charge is 0.206 e. The van der Waals surface area contributed by atoms with Crippen LogP contribution in [0.4, 0.5) is 13.2 Å². The minimum Gasteiger partial charge on any atom is -0.206 e. The van der Waals surface area contributed by atoms with Crippen molar-refractivity contribution >= 4 is 0 Å². The van der Waals surface area contributed by atoms with Gasteiger partial charge in [-0.25, -0.2) is 13.2 Å². The lowest BCUT2D eigenvalue weighted by Crippen LogP contribution is -2.13. The topological polar surface area (TPSA) is 0 Å². The Morgan fingerprint density at radius 2 is 1.36 bits per heavy atom. The van der Waals surface area contributed by atoms with Crippen LogP contribution in [-0.4, -0.2) is 0 Å². The van der Waals surface area contributed by atoms with Crippen LogP contribution in [-0.2, 0) is 6.42 Å². The van der Waals surface area contributed by atoms with Gasteiger partial charge in [0.1, 0.15) is 5.82 Å². The molecule has 0 atom stereocenters. The van der Waals surface area contributed by atoms with Crippen molar-refractivity contribution in [1.82, 2.24) is 0 Å². The Morgan fingerprint density at radius 1 is 0.697 bits per heavy atom. The summed E-state index contributed by atoms with van der Waals surface area (Å²) >= 11 is 0. The van der Waals surface area contributed by atoms with E-state index >= 15 is 4.39 Å². The highest BCUT2D eigenvalue weighted by Crippen LogP contribution is 2.38. The summed E-state index contributed by atoms with van der Waals surface area (Å²) in [5, 5.41) is 0. The van der Waals surface area contributed by atoms with Crippen molar-refractivity contribution in [3.05, 3.63) is 83.2 Å². The van der Waals surface area contributed by atoms with Gasteiger partial charge in [-0.15, -0.1) is 0 Å². The van der Waals surface area contributed by atoms with Gasteiger partial charge in [-0.2, -0.15) is 0 Å². The summed E-state index contributed by atoms with van der Waals surface area (Å²) in [5.41, 5.74) is 3.39. The van der Waals surface area contributed by atoms with E-state index in [4.69, 9.17) is 0 Å². The molecule has 0 spiro atoms. The van der Waals surface area contributed by atoms with E-state index < -0.39 is 17.5 Å². The molecule has 0 N–H and O–H groups in total. The summed E-state index contributed by atoms with van der Waals surface area (Å²) in [6.07, 6.45) is 8.86. The number of hydrogen-bond donors (Lipinski definition) is 0. The summed E-state index contributed by atoms with van der Waals surface area (Å²) in [7, 11) is 0. The second-order valence-electron chi connectivity index (χ2n) is 9.47. The lowest BCUT2D eigenvalue weighted by Gasteiger charge is -2.28. The Bertz CT molecular complexity index is 1080. The van der Waals surface area contributed by atoms with Crippen LogP contribution in [0.2, 0.25) is 0 Å². The Labute approximate surface area is 195 Å². The first kappa shape index (κ1) is 23.6. The van der Waals surface area contributed by atoms with E-state index in [-0.39, 0.29) is 5.56 Å². The Morgan fingerprint density at radius 3 is 2.00 bits per heavy atom. The molecule has 4 rings (SSSR count). The molecule has 3 aromatic carbocycles. The van der Waals surface area contributed by atoms with Crippen molar-refractivity contribution in [2.45, 2.75) is 71.1 Å². The fraction of sp³-hybridized carbons (Fsp3) is 0.400. The van der Waals surface area contributed by atoms with Crippen molar-refractivity contribution < 1.29 is 13.2 Å². The minimum absolute atomic E-state index is 0.0897. The van der Waals surface area contributed by atoms with Crippen molar-refractivity contribution in [2.24, 2.45) is 5.92 Å². The smallest absolute Gasteiger partial charge is 0.166 e. The van der Waals surface area contributed by atoms with E-state index in [1.807, 2.05) is 19.1 Å². The maximum Gasteiger partial charge on any atom is 0.166 e. The van der Waals surface area contributed by atoms with Crippen LogP contribution < -0.4 is 0 Å². The number of rotatable bonds is 7. The number of benzene rings is 3. The number of hydrogen-bond acceptors (Lipinski definition) is 0. The van der Waals surface area contributed by atoms with Gasteiger partial charge in [0.05, 0.1) is 0 Å². The third kappa shape index (κ3) is 5.18. The molecule has 3 aromatic rings. The van der Waals surface area contributed by atoms with E-state index in [0.29, 0.717) is 29.0 Å². The van der Waals surface area contributed by atoms with Gasteiger partial charge < -0.3 is 0 Å². The molecule has 0 bridgehead atoms. The first-order valence-corrected chi connectivity index (χ1v) is 12.4. The van der Waals surface area contributed by atoms with Gasteiger partial charge >= 0.3 is 0 Å². The average molecular weight is 451 g/mol. The normalized spacial score (nSPS) is 18.5. The van der Waals surface area contributed by atoms with Crippen molar-refractivity contribution in [1.29, 1.82) is 0 Å². The summed E-state index contributed by atoms with van der Waals surface area (Å²) in [6.45, 7) is 4.18. The predicted molar refractivity (Wildman–Crippen MR) is 131 cm³/mol. The standard InChI is InChI=1S/C30H33F3/c1-3-5-20-7-9-21(10-8-20)22-11-13-23(14-12-22)26-17-16-25(19-28(26)31)27-18-15-24(6-4-2)29(32)30(27)33/h11-21H,3-10H2,1-2H3. The molecule has 1 saturated carbocycles. The Hall–Kier alpha value is -2.55. The van der Waals surface area contributed by atoms with Crippen LogP contribution in [0.5, 0.6) is 0 Å². The number of aryl methyl sites for hydroxylation is 1. The van der Waals surface area contributed by atoms with Crippen LogP contribution >= 0.6 is 0 Å². The molecule has 0 heterocycles. The lowest BCUT2D eigenvalue weighted by molar-refractivity contribution is 0.308. The zero-order valence-corrected chi connectivity index (χ0v) is 19.6. The van der Waals surface area contributed by atoms with Gasteiger partial charge in [0.25, 0.3) is 0 Å². The van der Waals surface area contributed by atoms with Gasteiger partial charge in [0.15, 0.2) is 11.6 Å². The van der Waals surface area contributed by atoms with Gasteiger partial charge in [0.2, 0.25) is 0 Å². The van der Waals surface area contributed by atoms with Gasteiger partial charge in [-0.1, -0.05) is 81.6 Å². The molecular weight excluding hydrogens is 417 g/mol. The molecular formula is C30H33F3. The second-order valence-corrected chi connectivity index (χ2v) is 9.47. The third-order valence-electron chi connectivity index (χ3n) is 7.20. The van der Waals surface area contributed by atoms with Crippen molar-refractivity contribution in [2.75, 3.05) is 0 Å². The first-order valence-electron chi connectivity index (χ1n) is 12.4. The maximum atomic E-state index is 15.0. The first-order chi connectivity index (χ1) is 16.0. The van der Waals surface area contributed by atoms with E-state index in [2.05, 4.69) is 19.1 Å². The third-order valence-corrected chi connectivity index (χ3v) is 7.20. The maximum absolute atomic E-state index is 15.0. The zero-order chi connectivity index (χ0) is 23.4. The zero-order valence-electron chi connectivity index (χ0n) is 19.6. The van der Waals surface area contributed by atoms with Gasteiger partial charge in [-0.3, -0.25) is 0 Å². The van der Waals surface area contributed by atoms with Crippen LogP contribution in [0.3, 0.4) is 0 Å². The average Bonchev–Trinajstić information content (AvgIpc) is 2.83. The molecule has 0 radical (unpaired) electrons. The lowest BCUT2D eigenvalue weighted by atomic mass is 9.77. The fourth-order valence-electron chi connectivity index (χ4n) is 5.32. The number of halogens is 3. The summed E-state index contributed by atoms with van der Waals surface area (Å²) < 4.78 is 44.0. The highest BCUT2D eigenvalue weighted by Gasteiger charge is 2.22. The molecule has 33 heavy (non-hydrogen) atoms. The molecule has 0 aliphatic heterocycles. The predicted octanol–water partition coefficient (Wildman–Crippen LogP) is 9.46. The van der Waals surface area contributed by atoms with Crippen molar-refractivity contribution in [3.8, 4) is 22.3 Å². The van der Waals surface area contributed by atoms with Gasteiger partial charge in [0, 0.05) is 11.1 Å². The summed E-state index contributed by atoms with van der Waals surface area (Å²) in [5.74, 6) is -0.714. The quantitative estimate of drug-likeness (QED) is 0.336. The van der Waals surface area contributed by atoms with Crippen LogP contribution in [0, 0.1) is 23.4 Å². The van der Waals surface area contributed by atoms with Crippen LogP contribution in [0.1, 0.15) is 75.8 Å². The Balaban J connectivity index is 1.51. The molecule has 1 aliphatic carbocycles.